The van der Waals surface area contributed by atoms with Crippen molar-refractivity contribution in [3.8, 4) is 5.75 Å². The number of rotatable bonds is 5. The summed E-state index contributed by atoms with van der Waals surface area (Å²) in [7, 11) is 0. The van der Waals surface area contributed by atoms with E-state index in [-0.39, 0.29) is 0 Å². The van der Waals surface area contributed by atoms with Crippen molar-refractivity contribution in [2.45, 2.75) is 0 Å². The lowest BCUT2D eigenvalue weighted by atomic mass is 10.2. The highest BCUT2D eigenvalue weighted by molar-refractivity contribution is 5.75. The van der Waals surface area contributed by atoms with Crippen molar-refractivity contribution in [3.05, 3.63) is 60.2 Å². The Kier molecular flexibility index (Phi) is 4.17. The van der Waals surface area contributed by atoms with E-state index in [2.05, 4.69) is 5.32 Å². The monoisotopic (exact) mass is 239 g/mol. The molecular formula is C15H13NO2. The largest absolute Gasteiger partial charge is 0.473 e. The van der Waals surface area contributed by atoms with Crippen molar-refractivity contribution < 1.29 is 9.53 Å². The molecule has 0 atom stereocenters. The number of carbonyl (C=O) groups excluding carboxylic acids is 1. The van der Waals surface area contributed by atoms with Gasteiger partial charge in [0, 0.05) is 11.8 Å². The molecule has 0 amide bonds. The van der Waals surface area contributed by atoms with Crippen LogP contribution < -0.4 is 10.1 Å². The molecule has 3 heteroatoms. The van der Waals surface area contributed by atoms with Gasteiger partial charge in [0.2, 0.25) is 0 Å². The number of hydrogen-bond donors (Lipinski definition) is 1. The zero-order valence-electron chi connectivity index (χ0n) is 9.80. The highest BCUT2D eigenvalue weighted by Gasteiger charge is 1.93. The summed E-state index contributed by atoms with van der Waals surface area (Å²) in [6, 6.07) is 17.1. The van der Waals surface area contributed by atoms with Gasteiger partial charge in [-0.3, -0.25) is 0 Å². The van der Waals surface area contributed by atoms with Crippen LogP contribution in [0.25, 0.3) is 6.08 Å². The molecule has 0 bridgehead atoms. The molecule has 0 heterocycles. The predicted octanol–water partition coefficient (Wildman–Crippen LogP) is 2.98. The van der Waals surface area contributed by atoms with Crippen LogP contribution in [0.3, 0.4) is 0 Å². The van der Waals surface area contributed by atoms with Crippen molar-refractivity contribution in [1.29, 1.82) is 0 Å². The number of nitrogens with one attached hydrogen (secondary N) is 1. The van der Waals surface area contributed by atoms with Crippen LogP contribution >= 0.6 is 0 Å². The van der Waals surface area contributed by atoms with Crippen LogP contribution in [-0.4, -0.2) is 12.7 Å². The minimum absolute atomic E-state index is 0.396. The molecule has 0 aromatic heterocycles. The molecule has 0 fully saturated rings. The fraction of sp³-hybridized carbons (Fsp3) is 0.0667. The zero-order valence-corrected chi connectivity index (χ0v) is 9.80. The van der Waals surface area contributed by atoms with E-state index in [9.17, 15) is 4.79 Å². The molecule has 0 aliphatic heterocycles. The van der Waals surface area contributed by atoms with Gasteiger partial charge in [-0.25, -0.2) is 4.79 Å². The first kappa shape index (κ1) is 12.0. The number of para-hydroxylation sites is 1. The van der Waals surface area contributed by atoms with Gasteiger partial charge in [-0.2, -0.15) is 0 Å². The van der Waals surface area contributed by atoms with E-state index in [1.165, 1.54) is 6.08 Å². The van der Waals surface area contributed by atoms with Gasteiger partial charge in [-0.05, 0) is 29.8 Å². The molecule has 0 saturated carbocycles. The van der Waals surface area contributed by atoms with Crippen molar-refractivity contribution >= 4 is 17.7 Å². The molecule has 3 nitrogen and oxygen atoms in total. The first-order chi connectivity index (χ1) is 8.88. The SMILES string of the molecule is O=C=Cc1ccc(NCOc2ccccc2)cc1. The molecule has 1 N–H and O–H groups in total. The van der Waals surface area contributed by atoms with Gasteiger partial charge in [0.15, 0.2) is 6.73 Å². The average Bonchev–Trinajstić information content (AvgIpc) is 2.42. The van der Waals surface area contributed by atoms with E-state index in [4.69, 9.17) is 4.74 Å². The van der Waals surface area contributed by atoms with Gasteiger partial charge in [-0.15, -0.1) is 0 Å². The Morgan fingerprint density at radius 3 is 2.44 bits per heavy atom. The van der Waals surface area contributed by atoms with Gasteiger partial charge in [-0.1, -0.05) is 30.3 Å². The Labute approximate surface area is 106 Å². The van der Waals surface area contributed by atoms with Crippen LogP contribution in [0.1, 0.15) is 5.56 Å². The first-order valence-corrected chi connectivity index (χ1v) is 5.61. The van der Waals surface area contributed by atoms with E-state index in [0.29, 0.717) is 6.73 Å². The Morgan fingerprint density at radius 2 is 1.78 bits per heavy atom. The number of hydrogen-bond acceptors (Lipinski definition) is 3. The highest BCUT2D eigenvalue weighted by Crippen LogP contribution is 2.11. The van der Waals surface area contributed by atoms with Gasteiger partial charge < -0.3 is 10.1 Å². The third-order valence-corrected chi connectivity index (χ3v) is 2.39. The molecule has 18 heavy (non-hydrogen) atoms. The maximum Gasteiger partial charge on any atom is 0.159 e. The van der Waals surface area contributed by atoms with Crippen molar-refractivity contribution in [3.63, 3.8) is 0 Å². The average molecular weight is 239 g/mol. The van der Waals surface area contributed by atoms with E-state index in [1.54, 1.807) is 5.94 Å². The molecule has 0 saturated heterocycles. The van der Waals surface area contributed by atoms with E-state index in [0.717, 1.165) is 17.0 Å². The Hall–Kier alpha value is -2.51. The molecule has 2 aromatic rings. The smallest absolute Gasteiger partial charge is 0.159 e. The Balaban J connectivity index is 1.85. The molecule has 0 aliphatic carbocycles. The fourth-order valence-electron chi connectivity index (χ4n) is 1.48. The lowest BCUT2D eigenvalue weighted by molar-refractivity contribution is 0.347. The standard InChI is InChI=1S/C15H13NO2/c17-11-10-13-6-8-14(9-7-13)16-12-18-15-4-2-1-3-5-15/h1-10,16H,12H2. The summed E-state index contributed by atoms with van der Waals surface area (Å²) < 4.78 is 5.51. The van der Waals surface area contributed by atoms with Crippen LogP contribution in [0.5, 0.6) is 5.75 Å². The maximum absolute atomic E-state index is 10.2. The minimum Gasteiger partial charge on any atom is -0.473 e. The zero-order chi connectivity index (χ0) is 12.6. The minimum atomic E-state index is 0.396. The van der Waals surface area contributed by atoms with Crippen LogP contribution in [-0.2, 0) is 4.79 Å². The number of anilines is 1. The molecule has 0 radical (unpaired) electrons. The fourth-order valence-corrected chi connectivity index (χ4v) is 1.48. The van der Waals surface area contributed by atoms with Crippen molar-refractivity contribution in [2.24, 2.45) is 0 Å². The normalized spacial score (nSPS) is 9.33. The van der Waals surface area contributed by atoms with Gasteiger partial charge >= 0.3 is 0 Å². The van der Waals surface area contributed by atoms with Gasteiger partial charge in [0.25, 0.3) is 0 Å². The summed E-state index contributed by atoms with van der Waals surface area (Å²) >= 11 is 0. The lowest BCUT2D eigenvalue weighted by Crippen LogP contribution is -2.08. The molecule has 90 valence electrons. The second-order valence-electron chi connectivity index (χ2n) is 3.66. The topological polar surface area (TPSA) is 38.3 Å². The lowest BCUT2D eigenvalue weighted by Gasteiger charge is -2.08. The van der Waals surface area contributed by atoms with Crippen LogP contribution in [0.4, 0.5) is 5.69 Å². The molecule has 0 spiro atoms. The quantitative estimate of drug-likeness (QED) is 0.644. The summed E-state index contributed by atoms with van der Waals surface area (Å²) in [5.74, 6) is 2.57. The Morgan fingerprint density at radius 1 is 1.06 bits per heavy atom. The van der Waals surface area contributed by atoms with E-state index >= 15 is 0 Å². The van der Waals surface area contributed by atoms with E-state index in [1.807, 2.05) is 54.6 Å². The van der Waals surface area contributed by atoms with Gasteiger partial charge in [0.05, 0.1) is 0 Å². The summed E-state index contributed by atoms with van der Waals surface area (Å²) in [5.41, 5.74) is 1.77. The first-order valence-electron chi connectivity index (χ1n) is 5.61. The second kappa shape index (κ2) is 6.28. The van der Waals surface area contributed by atoms with Crippen molar-refractivity contribution in [1.82, 2.24) is 0 Å². The predicted molar refractivity (Wildman–Crippen MR) is 72.2 cm³/mol. The molecule has 0 unspecified atom stereocenters. The summed E-state index contributed by atoms with van der Waals surface area (Å²) in [5, 5.41) is 3.13. The maximum atomic E-state index is 10.2. The Bertz CT molecular complexity index is 528. The van der Waals surface area contributed by atoms with Crippen LogP contribution in [0, 0.1) is 0 Å². The third-order valence-electron chi connectivity index (χ3n) is 2.39. The van der Waals surface area contributed by atoms with E-state index < -0.39 is 0 Å². The molecular weight excluding hydrogens is 226 g/mol. The van der Waals surface area contributed by atoms with Crippen LogP contribution in [0.15, 0.2) is 54.6 Å². The highest BCUT2D eigenvalue weighted by atomic mass is 16.5. The molecule has 0 aliphatic rings. The number of benzene rings is 2. The summed E-state index contributed by atoms with van der Waals surface area (Å²) in [6.07, 6.45) is 1.39. The molecule has 2 rings (SSSR count). The van der Waals surface area contributed by atoms with Gasteiger partial charge in [0.1, 0.15) is 11.7 Å². The summed E-state index contributed by atoms with van der Waals surface area (Å²) in [6.45, 7) is 0.396. The molecule has 2 aromatic carbocycles. The third kappa shape index (κ3) is 3.51. The summed E-state index contributed by atoms with van der Waals surface area (Å²) in [4.78, 5) is 10.2. The second-order valence-corrected chi connectivity index (χ2v) is 3.66. The van der Waals surface area contributed by atoms with Crippen LogP contribution in [0.2, 0.25) is 0 Å². The van der Waals surface area contributed by atoms with Crippen molar-refractivity contribution in [2.75, 3.05) is 12.0 Å². The number of ether oxygens (including phenoxy) is 1.